The van der Waals surface area contributed by atoms with E-state index < -0.39 is 12.5 Å². The van der Waals surface area contributed by atoms with Crippen molar-refractivity contribution in [3.63, 3.8) is 0 Å². The van der Waals surface area contributed by atoms with Gasteiger partial charge in [-0.1, -0.05) is 48.5 Å². The lowest BCUT2D eigenvalue weighted by Crippen LogP contribution is -2.37. The fourth-order valence-electron chi connectivity index (χ4n) is 2.49. The Kier molecular flexibility index (Phi) is 3.92. The molecule has 2 aromatic rings. The van der Waals surface area contributed by atoms with Crippen LogP contribution in [0.5, 0.6) is 0 Å². The molecule has 0 saturated carbocycles. The summed E-state index contributed by atoms with van der Waals surface area (Å²) in [6.45, 7) is 0. The molecule has 0 radical (unpaired) electrons. The summed E-state index contributed by atoms with van der Waals surface area (Å²) in [6.07, 6.45) is 1.41. The van der Waals surface area contributed by atoms with Gasteiger partial charge in [-0.2, -0.15) is 0 Å². The van der Waals surface area contributed by atoms with E-state index in [1.165, 1.54) is 23.3 Å². The summed E-state index contributed by atoms with van der Waals surface area (Å²) >= 11 is 0. The zero-order chi connectivity index (χ0) is 15.5. The van der Waals surface area contributed by atoms with Gasteiger partial charge in [-0.25, -0.2) is 8.78 Å². The number of allylic oxidation sites excluding steroid dienone is 1. The lowest BCUT2D eigenvalue weighted by molar-refractivity contribution is 0.131. The highest BCUT2D eigenvalue weighted by Crippen LogP contribution is 2.29. The Morgan fingerprint density at radius 1 is 0.955 bits per heavy atom. The second kappa shape index (κ2) is 6.02. The number of nitrogens with zero attached hydrogens (tertiary/aromatic N) is 1. The second-order valence-corrected chi connectivity index (χ2v) is 5.06. The molecule has 0 fully saturated rings. The number of aliphatic hydroxyl groups is 1. The van der Waals surface area contributed by atoms with Gasteiger partial charge < -0.3 is 10.0 Å². The van der Waals surface area contributed by atoms with Crippen LogP contribution in [0.3, 0.4) is 0 Å². The van der Waals surface area contributed by atoms with E-state index in [-0.39, 0.29) is 5.76 Å². The summed E-state index contributed by atoms with van der Waals surface area (Å²) in [6, 6.07) is 16.0. The van der Waals surface area contributed by atoms with E-state index in [9.17, 15) is 13.9 Å². The Hall–Kier alpha value is -2.62. The van der Waals surface area contributed by atoms with Crippen LogP contribution in [0.1, 0.15) is 0 Å². The minimum Gasteiger partial charge on any atom is -0.506 e. The van der Waals surface area contributed by atoms with E-state index in [0.29, 0.717) is 5.69 Å². The first-order valence-corrected chi connectivity index (χ1v) is 6.96. The van der Waals surface area contributed by atoms with Gasteiger partial charge in [-0.15, -0.1) is 0 Å². The fourth-order valence-corrected chi connectivity index (χ4v) is 2.49. The first-order chi connectivity index (χ1) is 10.6. The molecule has 3 rings (SSSR count). The molecule has 22 heavy (non-hydrogen) atoms. The summed E-state index contributed by atoms with van der Waals surface area (Å²) in [7, 11) is 0. The molecule has 2 nitrogen and oxygen atoms in total. The van der Waals surface area contributed by atoms with Crippen molar-refractivity contribution >= 4 is 5.69 Å². The maximum Gasteiger partial charge on any atom is 0.262 e. The van der Waals surface area contributed by atoms with E-state index in [1.807, 2.05) is 48.5 Å². The van der Waals surface area contributed by atoms with Crippen LogP contribution in [0.25, 0.3) is 11.1 Å². The summed E-state index contributed by atoms with van der Waals surface area (Å²) in [4.78, 5) is 1.40. The van der Waals surface area contributed by atoms with Gasteiger partial charge in [-0.05, 0) is 29.3 Å². The van der Waals surface area contributed by atoms with Crippen LogP contribution in [0.4, 0.5) is 14.5 Å². The van der Waals surface area contributed by atoms with E-state index in [2.05, 4.69) is 0 Å². The number of alkyl halides is 2. The molecule has 0 aliphatic carbocycles. The summed E-state index contributed by atoms with van der Waals surface area (Å²) in [5.41, 5.74) is 2.56. The number of halogens is 2. The monoisotopic (exact) mass is 299 g/mol. The van der Waals surface area contributed by atoms with Crippen LogP contribution >= 0.6 is 0 Å². The topological polar surface area (TPSA) is 23.5 Å². The molecule has 1 heterocycles. The largest absolute Gasteiger partial charge is 0.506 e. The van der Waals surface area contributed by atoms with Crippen LogP contribution in [-0.2, 0) is 0 Å². The molecule has 0 aromatic heterocycles. The smallest absolute Gasteiger partial charge is 0.262 e. The van der Waals surface area contributed by atoms with Gasteiger partial charge in [0.1, 0.15) is 11.8 Å². The Balaban J connectivity index is 1.99. The highest BCUT2D eigenvalue weighted by Gasteiger charge is 2.27. The predicted octanol–water partition coefficient (Wildman–Crippen LogP) is 4.76. The number of hydrogen-bond donors (Lipinski definition) is 1. The number of rotatable bonds is 3. The summed E-state index contributed by atoms with van der Waals surface area (Å²) < 4.78 is 26.4. The predicted molar refractivity (Wildman–Crippen MR) is 84.0 cm³/mol. The van der Waals surface area contributed by atoms with Crippen LogP contribution in [0, 0.1) is 0 Å². The molecule has 1 atom stereocenters. The molecule has 1 unspecified atom stereocenters. The van der Waals surface area contributed by atoms with Crippen molar-refractivity contribution in [3.05, 3.63) is 78.7 Å². The number of anilines is 1. The van der Waals surface area contributed by atoms with Gasteiger partial charge in [0.25, 0.3) is 6.43 Å². The molecule has 112 valence electrons. The number of hydrogen-bond acceptors (Lipinski definition) is 2. The number of benzene rings is 2. The highest BCUT2D eigenvalue weighted by molar-refractivity contribution is 5.69. The third-order valence-corrected chi connectivity index (χ3v) is 3.57. The Bertz CT molecular complexity index is 710. The zero-order valence-corrected chi connectivity index (χ0v) is 11.7. The average molecular weight is 299 g/mol. The van der Waals surface area contributed by atoms with Crippen molar-refractivity contribution in [2.24, 2.45) is 0 Å². The van der Waals surface area contributed by atoms with Gasteiger partial charge in [0.2, 0.25) is 0 Å². The molecule has 1 aliphatic heterocycles. The maximum atomic E-state index is 13.2. The Morgan fingerprint density at radius 3 is 2.41 bits per heavy atom. The fraction of sp³-hybridized carbons (Fsp3) is 0.111. The maximum absolute atomic E-state index is 13.2. The van der Waals surface area contributed by atoms with Crippen molar-refractivity contribution in [2.45, 2.75) is 12.5 Å². The van der Waals surface area contributed by atoms with Gasteiger partial charge in [0, 0.05) is 11.9 Å². The molecule has 4 heteroatoms. The quantitative estimate of drug-likeness (QED) is 0.883. The molecule has 1 aliphatic rings. The average Bonchev–Trinajstić information content (AvgIpc) is 2.55. The van der Waals surface area contributed by atoms with Gasteiger partial charge in [0.15, 0.2) is 0 Å². The van der Waals surface area contributed by atoms with E-state index in [1.54, 1.807) is 6.07 Å². The summed E-state index contributed by atoms with van der Waals surface area (Å²) in [5, 5.41) is 9.61. The first-order valence-electron chi connectivity index (χ1n) is 6.96. The van der Waals surface area contributed by atoms with Crippen LogP contribution in [-0.4, -0.2) is 17.6 Å². The molecule has 0 spiro atoms. The van der Waals surface area contributed by atoms with Crippen molar-refractivity contribution in [3.8, 4) is 11.1 Å². The van der Waals surface area contributed by atoms with E-state index in [4.69, 9.17) is 0 Å². The van der Waals surface area contributed by atoms with Crippen LogP contribution < -0.4 is 4.90 Å². The lowest BCUT2D eigenvalue weighted by Gasteiger charge is -2.30. The Labute approximate surface area is 127 Å². The van der Waals surface area contributed by atoms with Crippen molar-refractivity contribution in [2.75, 3.05) is 4.90 Å². The zero-order valence-electron chi connectivity index (χ0n) is 11.7. The number of aliphatic hydroxyl groups excluding tert-OH is 1. The molecule has 2 aromatic carbocycles. The third-order valence-electron chi connectivity index (χ3n) is 3.57. The van der Waals surface area contributed by atoms with E-state index >= 15 is 0 Å². The lowest BCUT2D eigenvalue weighted by atomic mass is 10.0. The van der Waals surface area contributed by atoms with Crippen molar-refractivity contribution < 1.29 is 13.9 Å². The van der Waals surface area contributed by atoms with Crippen LogP contribution in [0.15, 0.2) is 78.7 Å². The van der Waals surface area contributed by atoms with Gasteiger partial charge in [0.05, 0.1) is 0 Å². The highest BCUT2D eigenvalue weighted by atomic mass is 19.3. The minimum atomic E-state index is -2.54. The Morgan fingerprint density at radius 2 is 1.68 bits per heavy atom. The van der Waals surface area contributed by atoms with Crippen molar-refractivity contribution in [1.82, 2.24) is 0 Å². The molecular weight excluding hydrogens is 284 g/mol. The molecule has 0 amide bonds. The normalized spacial score (nSPS) is 17.7. The standard InChI is InChI=1S/C18H15F2NO/c19-18(20)17-10-9-16(22)12-21(17)15-8-4-7-14(11-15)13-5-2-1-3-6-13/h1-12,17-18,22H. The molecular formula is C18H15F2NO. The van der Waals surface area contributed by atoms with Gasteiger partial charge in [-0.3, -0.25) is 0 Å². The van der Waals surface area contributed by atoms with Crippen LogP contribution in [0.2, 0.25) is 0 Å². The second-order valence-electron chi connectivity index (χ2n) is 5.06. The SMILES string of the molecule is OC1=CN(c2cccc(-c3ccccc3)c2)C(C(F)F)C=C1. The van der Waals surface area contributed by atoms with Crippen molar-refractivity contribution in [1.29, 1.82) is 0 Å². The summed E-state index contributed by atoms with van der Waals surface area (Å²) in [5.74, 6) is -0.0398. The first kappa shape index (κ1) is 14.3. The third kappa shape index (κ3) is 2.86. The van der Waals surface area contributed by atoms with Gasteiger partial charge >= 0.3 is 0 Å². The molecule has 1 N–H and O–H groups in total. The van der Waals surface area contributed by atoms with E-state index in [0.717, 1.165) is 11.1 Å². The molecule has 0 bridgehead atoms. The molecule has 0 saturated heterocycles. The minimum absolute atomic E-state index is 0.0398.